The van der Waals surface area contributed by atoms with Gasteiger partial charge in [-0.25, -0.2) is 0 Å². The van der Waals surface area contributed by atoms with E-state index in [2.05, 4.69) is 22.3 Å². The Bertz CT molecular complexity index is 408. The van der Waals surface area contributed by atoms with Crippen LogP contribution in [0, 0.1) is 0 Å². The SMILES string of the molecule is COc1ccc(CSC2CNC(=S)N(C)C2)cc1. The number of benzene rings is 1. The van der Waals surface area contributed by atoms with Crippen molar-refractivity contribution in [2.75, 3.05) is 27.2 Å². The molecule has 5 heteroatoms. The van der Waals surface area contributed by atoms with Crippen molar-refractivity contribution in [2.24, 2.45) is 0 Å². The summed E-state index contributed by atoms with van der Waals surface area (Å²) in [5, 5.41) is 4.70. The molecule has 0 spiro atoms. The second-order valence-corrected chi connectivity index (χ2v) is 6.02. The lowest BCUT2D eigenvalue weighted by molar-refractivity contribution is 0.414. The van der Waals surface area contributed by atoms with Crippen molar-refractivity contribution in [1.82, 2.24) is 10.2 Å². The summed E-state index contributed by atoms with van der Waals surface area (Å²) < 4.78 is 5.15. The summed E-state index contributed by atoms with van der Waals surface area (Å²) in [6.45, 7) is 1.98. The van der Waals surface area contributed by atoms with Crippen molar-refractivity contribution in [3.63, 3.8) is 0 Å². The van der Waals surface area contributed by atoms with E-state index in [4.69, 9.17) is 17.0 Å². The van der Waals surface area contributed by atoms with E-state index in [9.17, 15) is 0 Å². The number of hydrogen-bond acceptors (Lipinski definition) is 3. The van der Waals surface area contributed by atoms with Gasteiger partial charge in [-0.3, -0.25) is 0 Å². The van der Waals surface area contributed by atoms with Gasteiger partial charge in [-0.2, -0.15) is 11.8 Å². The van der Waals surface area contributed by atoms with Gasteiger partial charge in [0.25, 0.3) is 0 Å². The molecule has 1 saturated heterocycles. The summed E-state index contributed by atoms with van der Waals surface area (Å²) in [6, 6.07) is 8.26. The minimum Gasteiger partial charge on any atom is -0.497 e. The zero-order valence-electron chi connectivity index (χ0n) is 10.7. The molecule has 1 atom stereocenters. The molecule has 1 fully saturated rings. The summed E-state index contributed by atoms with van der Waals surface area (Å²) in [4.78, 5) is 2.10. The second kappa shape index (κ2) is 6.29. The van der Waals surface area contributed by atoms with Gasteiger partial charge in [-0.15, -0.1) is 0 Å². The van der Waals surface area contributed by atoms with Gasteiger partial charge in [0.15, 0.2) is 5.11 Å². The molecule has 98 valence electrons. The minimum absolute atomic E-state index is 0.587. The standard InChI is InChI=1S/C13H18N2OS2/c1-15-8-12(7-14-13(15)17)18-9-10-3-5-11(16-2)6-4-10/h3-6,12H,7-9H2,1-2H3,(H,14,17). The van der Waals surface area contributed by atoms with Crippen LogP contribution in [0.4, 0.5) is 0 Å². The van der Waals surface area contributed by atoms with Gasteiger partial charge in [0.2, 0.25) is 0 Å². The highest BCUT2D eigenvalue weighted by Gasteiger charge is 2.19. The van der Waals surface area contributed by atoms with Gasteiger partial charge in [-0.1, -0.05) is 12.1 Å². The van der Waals surface area contributed by atoms with Gasteiger partial charge >= 0.3 is 0 Å². The van der Waals surface area contributed by atoms with Crippen LogP contribution < -0.4 is 10.1 Å². The molecule has 3 nitrogen and oxygen atoms in total. The second-order valence-electron chi connectivity index (χ2n) is 4.35. The van der Waals surface area contributed by atoms with Gasteiger partial charge in [0.1, 0.15) is 5.75 Å². The third-order valence-electron chi connectivity index (χ3n) is 2.95. The van der Waals surface area contributed by atoms with Crippen LogP contribution in [0.25, 0.3) is 0 Å². The molecular weight excluding hydrogens is 264 g/mol. The molecule has 1 N–H and O–H groups in total. The third kappa shape index (κ3) is 3.53. The van der Waals surface area contributed by atoms with Crippen LogP contribution in [-0.4, -0.2) is 42.5 Å². The molecular formula is C13H18N2OS2. The van der Waals surface area contributed by atoms with E-state index < -0.39 is 0 Å². The molecule has 0 aliphatic carbocycles. The topological polar surface area (TPSA) is 24.5 Å². The fourth-order valence-corrected chi connectivity index (χ4v) is 3.15. The van der Waals surface area contributed by atoms with E-state index >= 15 is 0 Å². The van der Waals surface area contributed by atoms with Crippen LogP contribution in [0.5, 0.6) is 5.75 Å². The van der Waals surface area contributed by atoms with Crippen LogP contribution in [0.2, 0.25) is 0 Å². The first-order valence-corrected chi connectivity index (χ1v) is 7.38. The first-order chi connectivity index (χ1) is 8.69. The normalized spacial score (nSPS) is 19.6. The molecule has 1 aliphatic rings. The van der Waals surface area contributed by atoms with Gasteiger partial charge in [0.05, 0.1) is 7.11 Å². The van der Waals surface area contributed by atoms with Crippen molar-refractivity contribution < 1.29 is 4.74 Å². The van der Waals surface area contributed by atoms with Crippen molar-refractivity contribution in [2.45, 2.75) is 11.0 Å². The first-order valence-electron chi connectivity index (χ1n) is 5.92. The third-order valence-corrected chi connectivity index (χ3v) is 4.69. The molecule has 0 saturated carbocycles. The van der Waals surface area contributed by atoms with Crippen molar-refractivity contribution in [3.05, 3.63) is 29.8 Å². The van der Waals surface area contributed by atoms with E-state index in [1.54, 1.807) is 7.11 Å². The molecule has 1 aliphatic heterocycles. The first kappa shape index (κ1) is 13.5. The van der Waals surface area contributed by atoms with Crippen molar-refractivity contribution >= 4 is 29.1 Å². The lowest BCUT2D eigenvalue weighted by Gasteiger charge is -2.32. The maximum absolute atomic E-state index is 5.18. The highest BCUT2D eigenvalue weighted by Crippen LogP contribution is 2.21. The average molecular weight is 282 g/mol. The number of rotatable bonds is 4. The lowest BCUT2D eigenvalue weighted by Crippen LogP contribution is -2.50. The van der Waals surface area contributed by atoms with E-state index in [-0.39, 0.29) is 0 Å². The van der Waals surface area contributed by atoms with Crippen LogP contribution >= 0.6 is 24.0 Å². The maximum atomic E-state index is 5.18. The molecule has 1 aromatic rings. The molecule has 1 heterocycles. The number of hydrogen-bond donors (Lipinski definition) is 1. The Hall–Kier alpha value is -0.940. The zero-order chi connectivity index (χ0) is 13.0. The van der Waals surface area contributed by atoms with Crippen LogP contribution in [0.1, 0.15) is 5.56 Å². The Morgan fingerprint density at radius 1 is 1.44 bits per heavy atom. The average Bonchev–Trinajstić information content (AvgIpc) is 2.41. The molecule has 0 radical (unpaired) electrons. The summed E-state index contributed by atoms with van der Waals surface area (Å²) in [6.07, 6.45) is 0. The molecule has 1 unspecified atom stereocenters. The quantitative estimate of drug-likeness (QED) is 0.853. The van der Waals surface area contributed by atoms with Gasteiger partial charge < -0.3 is 15.0 Å². The number of thioether (sulfide) groups is 1. The minimum atomic E-state index is 0.587. The Balaban J connectivity index is 1.82. The number of nitrogens with zero attached hydrogens (tertiary/aromatic N) is 1. The maximum Gasteiger partial charge on any atom is 0.168 e. The predicted molar refractivity (Wildman–Crippen MR) is 81.3 cm³/mol. The molecule has 0 amide bonds. The van der Waals surface area contributed by atoms with E-state index in [1.807, 2.05) is 30.9 Å². The van der Waals surface area contributed by atoms with E-state index in [0.717, 1.165) is 29.7 Å². The van der Waals surface area contributed by atoms with Crippen LogP contribution in [0.3, 0.4) is 0 Å². The number of nitrogens with one attached hydrogen (secondary N) is 1. The summed E-state index contributed by atoms with van der Waals surface area (Å²) in [5.74, 6) is 1.94. The Morgan fingerprint density at radius 2 is 2.17 bits per heavy atom. The van der Waals surface area contributed by atoms with Crippen LogP contribution in [0.15, 0.2) is 24.3 Å². The number of ether oxygens (including phenoxy) is 1. The predicted octanol–water partition coefficient (Wildman–Crippen LogP) is 2.12. The highest BCUT2D eigenvalue weighted by atomic mass is 32.2. The Morgan fingerprint density at radius 3 is 2.78 bits per heavy atom. The molecule has 0 bridgehead atoms. The molecule has 18 heavy (non-hydrogen) atoms. The monoisotopic (exact) mass is 282 g/mol. The summed E-state index contributed by atoms with van der Waals surface area (Å²) in [7, 11) is 3.73. The lowest BCUT2D eigenvalue weighted by atomic mass is 10.2. The van der Waals surface area contributed by atoms with Crippen LogP contribution in [-0.2, 0) is 5.75 Å². The number of methoxy groups -OCH3 is 1. The van der Waals surface area contributed by atoms with Gasteiger partial charge in [0, 0.05) is 31.1 Å². The fraction of sp³-hybridized carbons (Fsp3) is 0.462. The molecule has 1 aromatic carbocycles. The van der Waals surface area contributed by atoms with E-state index in [0.29, 0.717) is 5.25 Å². The highest BCUT2D eigenvalue weighted by molar-refractivity contribution is 7.99. The smallest absolute Gasteiger partial charge is 0.168 e. The Kier molecular flexibility index (Phi) is 4.72. The largest absolute Gasteiger partial charge is 0.497 e. The van der Waals surface area contributed by atoms with Crippen molar-refractivity contribution in [1.29, 1.82) is 0 Å². The fourth-order valence-electron chi connectivity index (χ4n) is 1.84. The van der Waals surface area contributed by atoms with Gasteiger partial charge in [-0.05, 0) is 29.9 Å². The summed E-state index contributed by atoms with van der Waals surface area (Å²) in [5.41, 5.74) is 1.33. The molecule has 2 rings (SSSR count). The summed E-state index contributed by atoms with van der Waals surface area (Å²) >= 11 is 7.14. The number of thiocarbonyl (C=S) groups is 1. The Labute approximate surface area is 118 Å². The molecule has 0 aromatic heterocycles. The van der Waals surface area contributed by atoms with Crippen molar-refractivity contribution in [3.8, 4) is 5.75 Å². The van der Waals surface area contributed by atoms with E-state index in [1.165, 1.54) is 5.56 Å². The zero-order valence-corrected chi connectivity index (χ0v) is 12.3.